The summed E-state index contributed by atoms with van der Waals surface area (Å²) in [6.07, 6.45) is 1.66. The van der Waals surface area contributed by atoms with Crippen molar-refractivity contribution in [3.63, 3.8) is 0 Å². The fourth-order valence-corrected chi connectivity index (χ4v) is 3.98. The summed E-state index contributed by atoms with van der Waals surface area (Å²) in [5.74, 6) is -0.447. The molecule has 0 bridgehead atoms. The molecule has 0 fully saturated rings. The number of rotatable bonds is 3. The summed E-state index contributed by atoms with van der Waals surface area (Å²) in [5, 5.41) is 15.8. The van der Waals surface area contributed by atoms with Gasteiger partial charge in [0.15, 0.2) is 5.84 Å². The van der Waals surface area contributed by atoms with Crippen LogP contribution in [-0.4, -0.2) is 41.1 Å². The van der Waals surface area contributed by atoms with Crippen molar-refractivity contribution in [2.45, 2.75) is 0 Å². The second-order valence-corrected chi connectivity index (χ2v) is 7.75. The molecule has 6 nitrogen and oxygen atoms in total. The predicted molar refractivity (Wildman–Crippen MR) is 116 cm³/mol. The number of benzene rings is 2. The molecular formula is C20H16ClN5OS. The smallest absolute Gasteiger partial charge is 0.283 e. The minimum atomic E-state index is -0.448. The van der Waals surface area contributed by atoms with Gasteiger partial charge in [-0.05, 0) is 41.6 Å². The molecule has 0 aromatic heterocycles. The van der Waals surface area contributed by atoms with Crippen molar-refractivity contribution < 1.29 is 4.79 Å². The van der Waals surface area contributed by atoms with E-state index in [9.17, 15) is 4.79 Å². The number of amides is 1. The first-order valence-electron chi connectivity index (χ1n) is 8.46. The van der Waals surface area contributed by atoms with Gasteiger partial charge in [-0.1, -0.05) is 41.9 Å². The van der Waals surface area contributed by atoms with Crippen LogP contribution in [0.15, 0.2) is 64.2 Å². The standard InChI is InChI=1S/C20H16ClN5OS/c1-25(2)13-9-7-12(8-10-13)11-15-17(22)26-20(23-18(15)27)28-19(24-26)14-5-3-4-6-16(14)21/h3-11,22H,1-2H3. The van der Waals surface area contributed by atoms with E-state index in [4.69, 9.17) is 17.0 Å². The Morgan fingerprint density at radius 2 is 1.86 bits per heavy atom. The molecule has 2 aliphatic rings. The third-order valence-corrected chi connectivity index (χ3v) is 5.55. The lowest BCUT2D eigenvalue weighted by Crippen LogP contribution is -2.35. The quantitative estimate of drug-likeness (QED) is 0.775. The van der Waals surface area contributed by atoms with E-state index in [2.05, 4.69) is 10.1 Å². The number of aliphatic imine (C=N–C) groups is 1. The van der Waals surface area contributed by atoms with E-state index in [0.29, 0.717) is 15.2 Å². The summed E-state index contributed by atoms with van der Waals surface area (Å²) < 4.78 is 0. The van der Waals surface area contributed by atoms with Crippen molar-refractivity contribution in [2.24, 2.45) is 10.1 Å². The zero-order chi connectivity index (χ0) is 19.8. The van der Waals surface area contributed by atoms with Gasteiger partial charge in [-0.2, -0.15) is 15.1 Å². The second-order valence-electron chi connectivity index (χ2n) is 6.39. The van der Waals surface area contributed by atoms with Gasteiger partial charge in [-0.3, -0.25) is 10.2 Å². The Bertz CT molecular complexity index is 1070. The van der Waals surface area contributed by atoms with Gasteiger partial charge in [0.1, 0.15) is 5.04 Å². The summed E-state index contributed by atoms with van der Waals surface area (Å²) in [6.45, 7) is 0. The molecule has 0 atom stereocenters. The van der Waals surface area contributed by atoms with Crippen molar-refractivity contribution in [2.75, 3.05) is 19.0 Å². The molecule has 2 aromatic rings. The van der Waals surface area contributed by atoms with Crippen LogP contribution in [0.4, 0.5) is 5.69 Å². The molecule has 2 aliphatic heterocycles. The van der Waals surface area contributed by atoms with Crippen LogP contribution in [0.2, 0.25) is 5.02 Å². The molecule has 2 heterocycles. The lowest BCUT2D eigenvalue weighted by atomic mass is 10.1. The highest BCUT2D eigenvalue weighted by atomic mass is 35.5. The SMILES string of the molecule is CN(C)c1ccc(C=C2C(=N)N3N=C(c4ccccc4Cl)SC3=NC2=O)cc1. The highest BCUT2D eigenvalue weighted by Crippen LogP contribution is 2.33. The van der Waals surface area contributed by atoms with Crippen LogP contribution in [-0.2, 0) is 4.79 Å². The lowest BCUT2D eigenvalue weighted by Gasteiger charge is -2.20. The number of thioether (sulfide) groups is 1. The number of fused-ring (bicyclic) bond motifs is 1. The van der Waals surface area contributed by atoms with Gasteiger partial charge >= 0.3 is 0 Å². The summed E-state index contributed by atoms with van der Waals surface area (Å²) in [7, 11) is 3.92. The number of hydrogen-bond donors (Lipinski definition) is 1. The summed E-state index contributed by atoms with van der Waals surface area (Å²) >= 11 is 7.48. The first kappa shape index (κ1) is 18.5. The van der Waals surface area contributed by atoms with Crippen LogP contribution in [0.3, 0.4) is 0 Å². The van der Waals surface area contributed by atoms with E-state index in [-0.39, 0.29) is 11.4 Å². The van der Waals surface area contributed by atoms with E-state index in [0.717, 1.165) is 16.8 Å². The van der Waals surface area contributed by atoms with Crippen LogP contribution < -0.4 is 4.90 Å². The monoisotopic (exact) mass is 409 g/mol. The summed E-state index contributed by atoms with van der Waals surface area (Å²) in [4.78, 5) is 18.6. The minimum absolute atomic E-state index is 0.00115. The van der Waals surface area contributed by atoms with E-state index in [1.165, 1.54) is 16.8 Å². The number of hydrogen-bond acceptors (Lipinski definition) is 5. The van der Waals surface area contributed by atoms with Gasteiger partial charge in [-0.25, -0.2) is 0 Å². The third kappa shape index (κ3) is 3.34. The zero-order valence-electron chi connectivity index (χ0n) is 15.2. The van der Waals surface area contributed by atoms with Gasteiger partial charge < -0.3 is 4.90 Å². The van der Waals surface area contributed by atoms with Gasteiger partial charge in [0.05, 0.1) is 10.6 Å². The first-order chi connectivity index (χ1) is 13.4. The van der Waals surface area contributed by atoms with E-state index in [1.54, 1.807) is 12.1 Å². The molecule has 0 saturated carbocycles. The normalized spacial score (nSPS) is 17.5. The van der Waals surface area contributed by atoms with Gasteiger partial charge in [0.25, 0.3) is 5.91 Å². The first-order valence-corrected chi connectivity index (χ1v) is 9.66. The third-order valence-electron chi connectivity index (χ3n) is 4.28. The van der Waals surface area contributed by atoms with Gasteiger partial charge in [-0.15, -0.1) is 0 Å². The number of halogens is 1. The number of hydrazone groups is 1. The van der Waals surface area contributed by atoms with Gasteiger partial charge in [0.2, 0.25) is 5.17 Å². The zero-order valence-corrected chi connectivity index (χ0v) is 16.8. The fourth-order valence-electron chi connectivity index (χ4n) is 2.77. The number of carbonyl (C=O) groups is 1. The van der Waals surface area contributed by atoms with Crippen molar-refractivity contribution in [3.05, 3.63) is 70.3 Å². The molecule has 0 aliphatic carbocycles. The van der Waals surface area contributed by atoms with E-state index >= 15 is 0 Å². The highest BCUT2D eigenvalue weighted by molar-refractivity contribution is 8.27. The molecule has 0 radical (unpaired) electrons. The van der Waals surface area contributed by atoms with Crippen LogP contribution in [0.1, 0.15) is 11.1 Å². The lowest BCUT2D eigenvalue weighted by molar-refractivity contribution is -0.114. The van der Waals surface area contributed by atoms with Crippen LogP contribution in [0, 0.1) is 5.41 Å². The Kier molecular flexibility index (Phi) is 4.78. The molecule has 0 unspecified atom stereocenters. The number of nitrogens with one attached hydrogen (secondary N) is 1. The molecule has 1 N–H and O–H groups in total. The molecule has 4 rings (SSSR count). The van der Waals surface area contributed by atoms with Gasteiger partial charge in [0, 0.05) is 25.3 Å². The predicted octanol–water partition coefficient (Wildman–Crippen LogP) is 4.07. The van der Waals surface area contributed by atoms with Crippen LogP contribution in [0.25, 0.3) is 6.08 Å². The number of carbonyl (C=O) groups excluding carboxylic acids is 1. The maximum Gasteiger partial charge on any atom is 0.283 e. The fraction of sp³-hybridized carbons (Fsp3) is 0.100. The van der Waals surface area contributed by atoms with E-state index in [1.807, 2.05) is 61.5 Å². The van der Waals surface area contributed by atoms with Crippen LogP contribution >= 0.6 is 23.4 Å². The average Bonchev–Trinajstić information content (AvgIpc) is 3.09. The summed E-state index contributed by atoms with van der Waals surface area (Å²) in [6, 6.07) is 15.0. The number of amidine groups is 2. The molecule has 8 heteroatoms. The number of nitrogens with zero attached hydrogens (tertiary/aromatic N) is 4. The molecular weight excluding hydrogens is 394 g/mol. The Morgan fingerprint density at radius 1 is 1.14 bits per heavy atom. The Morgan fingerprint density at radius 3 is 2.54 bits per heavy atom. The number of anilines is 1. The molecule has 2 aromatic carbocycles. The minimum Gasteiger partial charge on any atom is -0.378 e. The maximum absolute atomic E-state index is 12.5. The van der Waals surface area contributed by atoms with Crippen molar-refractivity contribution in [1.82, 2.24) is 5.01 Å². The maximum atomic E-state index is 12.5. The average molecular weight is 410 g/mol. The Hall–Kier alpha value is -2.90. The highest BCUT2D eigenvalue weighted by Gasteiger charge is 2.36. The second kappa shape index (κ2) is 7.26. The topological polar surface area (TPSA) is 72.1 Å². The van der Waals surface area contributed by atoms with Crippen molar-refractivity contribution >= 4 is 57.1 Å². The van der Waals surface area contributed by atoms with Crippen molar-refractivity contribution in [3.8, 4) is 0 Å². The van der Waals surface area contributed by atoms with Crippen LogP contribution in [0.5, 0.6) is 0 Å². The summed E-state index contributed by atoms with van der Waals surface area (Å²) in [5.41, 5.74) is 2.82. The Labute approximate surface area is 171 Å². The van der Waals surface area contributed by atoms with E-state index < -0.39 is 5.91 Å². The largest absolute Gasteiger partial charge is 0.378 e. The Balaban J connectivity index is 1.66. The molecule has 1 amide bonds. The molecule has 140 valence electrons. The molecule has 28 heavy (non-hydrogen) atoms. The molecule has 0 saturated heterocycles. The molecule has 0 spiro atoms. The van der Waals surface area contributed by atoms with Crippen molar-refractivity contribution in [1.29, 1.82) is 5.41 Å².